The van der Waals surface area contributed by atoms with Crippen LogP contribution in [0.15, 0.2) is 48.5 Å². The van der Waals surface area contributed by atoms with Crippen LogP contribution in [0.2, 0.25) is 0 Å². The number of ether oxygens (including phenoxy) is 1. The van der Waals surface area contributed by atoms with Crippen molar-refractivity contribution in [3.63, 3.8) is 0 Å². The van der Waals surface area contributed by atoms with E-state index in [9.17, 15) is 14.6 Å². The summed E-state index contributed by atoms with van der Waals surface area (Å²) in [5, 5.41) is 20.8. The van der Waals surface area contributed by atoms with Gasteiger partial charge in [0.05, 0.1) is 6.10 Å². The molecule has 1 saturated heterocycles. The molecule has 0 bridgehead atoms. The summed E-state index contributed by atoms with van der Waals surface area (Å²) >= 11 is 0. The summed E-state index contributed by atoms with van der Waals surface area (Å²) in [6, 6.07) is 13.9. The Kier molecular flexibility index (Phi) is 8.70. The second kappa shape index (κ2) is 10.8. The Morgan fingerprint density at radius 2 is 1.64 bits per heavy atom. The van der Waals surface area contributed by atoms with E-state index >= 15 is 0 Å². The molecule has 1 heterocycles. The van der Waals surface area contributed by atoms with Crippen molar-refractivity contribution in [2.45, 2.75) is 32.0 Å². The summed E-state index contributed by atoms with van der Waals surface area (Å²) in [5.41, 5.74) is 1.94. The van der Waals surface area contributed by atoms with Gasteiger partial charge in [-0.05, 0) is 68.6 Å². The van der Waals surface area contributed by atoms with Crippen LogP contribution in [0.3, 0.4) is 0 Å². The van der Waals surface area contributed by atoms with Gasteiger partial charge < -0.3 is 19.8 Å². The van der Waals surface area contributed by atoms with Gasteiger partial charge in [0.15, 0.2) is 0 Å². The van der Waals surface area contributed by atoms with Gasteiger partial charge in [0.2, 0.25) is 0 Å². The number of aryl methyl sites for hydroxylation is 1. The lowest BCUT2D eigenvalue weighted by atomic mass is 9.87. The maximum absolute atomic E-state index is 13.0. The maximum Gasteiger partial charge on any atom is 0.123 e. The number of likely N-dealkylation sites (tertiary alicyclic amines) is 1. The van der Waals surface area contributed by atoms with E-state index in [0.29, 0.717) is 6.54 Å². The zero-order chi connectivity index (χ0) is 19.2. The summed E-state index contributed by atoms with van der Waals surface area (Å²) in [4.78, 5) is 2.21. The van der Waals surface area contributed by atoms with Crippen molar-refractivity contribution >= 4 is 12.4 Å². The Morgan fingerprint density at radius 1 is 1.04 bits per heavy atom. The van der Waals surface area contributed by atoms with Crippen molar-refractivity contribution in [3.8, 4) is 5.75 Å². The van der Waals surface area contributed by atoms with Crippen LogP contribution in [0.4, 0.5) is 4.39 Å². The Labute approximate surface area is 172 Å². The van der Waals surface area contributed by atoms with Gasteiger partial charge in [-0.15, -0.1) is 12.4 Å². The molecule has 0 amide bonds. The monoisotopic (exact) mass is 409 g/mol. The third kappa shape index (κ3) is 6.45. The summed E-state index contributed by atoms with van der Waals surface area (Å²) in [6.07, 6.45) is 0.584. The molecule has 0 aliphatic carbocycles. The molecule has 4 nitrogen and oxygen atoms in total. The highest BCUT2D eigenvalue weighted by molar-refractivity contribution is 5.85. The average Bonchev–Trinajstić information content (AvgIpc) is 2.68. The predicted molar refractivity (Wildman–Crippen MR) is 110 cm³/mol. The molecular formula is C22H29ClFNO3. The summed E-state index contributed by atoms with van der Waals surface area (Å²) in [7, 11) is 0. The lowest BCUT2D eigenvalue weighted by molar-refractivity contribution is 0.0278. The van der Waals surface area contributed by atoms with E-state index in [2.05, 4.69) is 4.90 Å². The first kappa shape index (κ1) is 22.6. The van der Waals surface area contributed by atoms with Crippen LogP contribution in [-0.2, 0) is 0 Å². The summed E-state index contributed by atoms with van der Waals surface area (Å²) in [6.45, 7) is 4.50. The van der Waals surface area contributed by atoms with Gasteiger partial charge in [0.25, 0.3) is 0 Å². The van der Waals surface area contributed by atoms with Crippen LogP contribution in [0.25, 0.3) is 0 Å². The van der Waals surface area contributed by atoms with Crippen LogP contribution in [0.5, 0.6) is 5.75 Å². The Hall–Kier alpha value is -1.66. The van der Waals surface area contributed by atoms with Crippen molar-refractivity contribution in [3.05, 3.63) is 65.5 Å². The molecule has 1 fully saturated rings. The van der Waals surface area contributed by atoms with Gasteiger partial charge in [-0.2, -0.15) is 0 Å². The number of piperidine rings is 1. The Balaban J connectivity index is 0.00000280. The van der Waals surface area contributed by atoms with E-state index in [1.807, 2.05) is 31.2 Å². The van der Waals surface area contributed by atoms with E-state index in [1.54, 1.807) is 12.1 Å². The molecular weight excluding hydrogens is 381 g/mol. The van der Waals surface area contributed by atoms with Crippen molar-refractivity contribution in [2.24, 2.45) is 5.92 Å². The van der Waals surface area contributed by atoms with Crippen molar-refractivity contribution < 1.29 is 19.3 Å². The van der Waals surface area contributed by atoms with Crippen LogP contribution >= 0.6 is 12.4 Å². The third-order valence-electron chi connectivity index (χ3n) is 5.22. The molecule has 0 aromatic heterocycles. The first-order valence-corrected chi connectivity index (χ1v) is 9.54. The normalized spacial score (nSPS) is 17.6. The molecule has 1 aliphatic heterocycles. The summed E-state index contributed by atoms with van der Waals surface area (Å²) in [5.74, 6) is 0.635. The molecule has 6 heteroatoms. The van der Waals surface area contributed by atoms with E-state index in [0.717, 1.165) is 37.2 Å². The van der Waals surface area contributed by atoms with E-state index in [-0.39, 0.29) is 30.7 Å². The molecule has 0 spiro atoms. The standard InChI is InChI=1S/C22H28FNO3.ClH/c1-16-2-8-21(9-3-16)27-15-20(25)14-24-12-10-18(11-13-24)22(26)17-4-6-19(23)7-5-17;/h2-9,18,20,22,25-26H,10-15H2,1H3;1H. The summed E-state index contributed by atoms with van der Waals surface area (Å²) < 4.78 is 18.7. The number of benzene rings is 2. The van der Waals surface area contributed by atoms with E-state index in [4.69, 9.17) is 4.74 Å². The number of hydrogen-bond donors (Lipinski definition) is 2. The lowest BCUT2D eigenvalue weighted by Crippen LogP contribution is -2.41. The molecule has 1 aliphatic rings. The molecule has 0 radical (unpaired) electrons. The zero-order valence-corrected chi connectivity index (χ0v) is 16.9. The van der Waals surface area contributed by atoms with Crippen LogP contribution in [-0.4, -0.2) is 47.5 Å². The molecule has 0 saturated carbocycles. The smallest absolute Gasteiger partial charge is 0.123 e. The topological polar surface area (TPSA) is 52.9 Å². The minimum absolute atomic E-state index is 0. The lowest BCUT2D eigenvalue weighted by Gasteiger charge is -2.35. The average molecular weight is 410 g/mol. The number of aliphatic hydroxyl groups is 2. The van der Waals surface area contributed by atoms with Crippen LogP contribution in [0, 0.1) is 18.7 Å². The fourth-order valence-electron chi connectivity index (χ4n) is 3.56. The first-order chi connectivity index (χ1) is 13.0. The molecule has 28 heavy (non-hydrogen) atoms. The van der Waals surface area contributed by atoms with Crippen molar-refractivity contribution in [1.29, 1.82) is 0 Å². The van der Waals surface area contributed by atoms with Gasteiger partial charge in [-0.1, -0.05) is 29.8 Å². The SMILES string of the molecule is Cc1ccc(OCC(O)CN2CCC(C(O)c3ccc(F)cc3)CC2)cc1.Cl. The number of nitrogens with zero attached hydrogens (tertiary/aromatic N) is 1. The minimum atomic E-state index is -0.567. The maximum atomic E-state index is 13.0. The van der Waals surface area contributed by atoms with Gasteiger partial charge in [-0.25, -0.2) is 4.39 Å². The van der Waals surface area contributed by atoms with Crippen molar-refractivity contribution in [1.82, 2.24) is 4.90 Å². The highest BCUT2D eigenvalue weighted by Gasteiger charge is 2.27. The zero-order valence-electron chi connectivity index (χ0n) is 16.1. The van der Waals surface area contributed by atoms with Crippen molar-refractivity contribution in [2.75, 3.05) is 26.2 Å². The van der Waals surface area contributed by atoms with Gasteiger partial charge >= 0.3 is 0 Å². The molecule has 154 valence electrons. The third-order valence-corrected chi connectivity index (χ3v) is 5.22. The second-order valence-corrected chi connectivity index (χ2v) is 7.41. The largest absolute Gasteiger partial charge is 0.491 e. The molecule has 3 rings (SSSR count). The predicted octanol–water partition coefficient (Wildman–Crippen LogP) is 3.74. The van der Waals surface area contributed by atoms with Gasteiger partial charge in [0, 0.05) is 6.54 Å². The number of rotatable bonds is 7. The molecule has 2 N–H and O–H groups in total. The number of hydrogen-bond acceptors (Lipinski definition) is 4. The molecule has 2 aromatic rings. The molecule has 2 unspecified atom stereocenters. The number of halogens is 2. The number of aliphatic hydroxyl groups excluding tert-OH is 2. The highest BCUT2D eigenvalue weighted by Crippen LogP contribution is 2.30. The second-order valence-electron chi connectivity index (χ2n) is 7.41. The first-order valence-electron chi connectivity index (χ1n) is 9.54. The van der Waals surface area contributed by atoms with E-state index < -0.39 is 12.2 Å². The highest BCUT2D eigenvalue weighted by atomic mass is 35.5. The minimum Gasteiger partial charge on any atom is -0.491 e. The Morgan fingerprint density at radius 3 is 2.25 bits per heavy atom. The van der Waals surface area contributed by atoms with Gasteiger partial charge in [0.1, 0.15) is 24.3 Å². The number of β-amino-alcohol motifs (C(OH)–C–C–N with tert-alkyl or cyclic N) is 1. The van der Waals surface area contributed by atoms with Crippen LogP contribution < -0.4 is 4.74 Å². The quantitative estimate of drug-likeness (QED) is 0.731. The van der Waals surface area contributed by atoms with Gasteiger partial charge in [-0.3, -0.25) is 0 Å². The molecule has 2 atom stereocenters. The van der Waals surface area contributed by atoms with E-state index in [1.165, 1.54) is 17.7 Å². The Bertz CT molecular complexity index is 703. The fourth-order valence-corrected chi connectivity index (χ4v) is 3.56. The van der Waals surface area contributed by atoms with Crippen LogP contribution in [0.1, 0.15) is 30.1 Å². The fraction of sp³-hybridized carbons (Fsp3) is 0.455. The molecule has 2 aromatic carbocycles.